The molecule has 0 radical (unpaired) electrons. The van der Waals surface area contributed by atoms with E-state index in [4.69, 9.17) is 0 Å². The Morgan fingerprint density at radius 2 is 1.41 bits per heavy atom. The fraction of sp³-hybridized carbons (Fsp3) is 0.538. The minimum atomic E-state index is 0. The third kappa shape index (κ3) is 6.07. The van der Waals surface area contributed by atoms with Gasteiger partial charge in [-0.3, -0.25) is 9.80 Å². The maximum atomic E-state index is 2.80. The average molecular weight is 413 g/mol. The Morgan fingerprint density at radius 1 is 0.793 bits per heavy atom. The van der Waals surface area contributed by atoms with Crippen molar-refractivity contribution in [2.24, 2.45) is 0 Å². The van der Waals surface area contributed by atoms with Crippen molar-refractivity contribution < 1.29 is 0 Å². The summed E-state index contributed by atoms with van der Waals surface area (Å²) in [4.78, 5) is 5.54. The topological polar surface area (TPSA) is 6.48 Å². The van der Waals surface area contributed by atoms with Gasteiger partial charge in [0.1, 0.15) is 0 Å². The number of halogens is 1. The summed E-state index contributed by atoms with van der Waals surface area (Å²) in [6.07, 6.45) is 9.72. The van der Waals surface area contributed by atoms with Crippen LogP contribution in [0, 0.1) is 6.92 Å². The van der Waals surface area contributed by atoms with E-state index in [1.807, 2.05) is 0 Å². The van der Waals surface area contributed by atoms with Crippen LogP contribution in [0.25, 0.3) is 0 Å². The predicted octanol–water partition coefficient (Wildman–Crippen LogP) is 6.04. The second kappa shape index (κ2) is 11.2. The lowest BCUT2D eigenvalue weighted by Crippen LogP contribution is -2.51. The zero-order valence-corrected chi connectivity index (χ0v) is 18.7. The molecule has 1 saturated carbocycles. The summed E-state index contributed by atoms with van der Waals surface area (Å²) in [7, 11) is 0. The lowest BCUT2D eigenvalue weighted by molar-refractivity contribution is 0.0633. The predicted molar refractivity (Wildman–Crippen MR) is 126 cm³/mol. The first-order chi connectivity index (χ1) is 13.8. The zero-order valence-electron chi connectivity index (χ0n) is 17.9. The highest BCUT2D eigenvalue weighted by Crippen LogP contribution is 2.29. The van der Waals surface area contributed by atoms with Crippen LogP contribution in [-0.4, -0.2) is 42.0 Å². The molecule has 1 aliphatic heterocycles. The van der Waals surface area contributed by atoms with Crippen molar-refractivity contribution in [3.05, 3.63) is 71.3 Å². The maximum absolute atomic E-state index is 2.80. The largest absolute Gasteiger partial charge is 0.298 e. The average Bonchev–Trinajstić information content (AvgIpc) is 3.04. The molecule has 3 heteroatoms. The Bertz CT molecular complexity index is 699. The fourth-order valence-corrected chi connectivity index (χ4v) is 5.12. The van der Waals surface area contributed by atoms with Gasteiger partial charge in [0.25, 0.3) is 0 Å². The van der Waals surface area contributed by atoms with E-state index >= 15 is 0 Å². The molecular formula is C26H37ClN2. The SMILES string of the molecule is Cc1ccc(CC(c2ccccc2)N2CCN(C3CCCCCC3)CC2)cc1.Cl. The molecule has 0 spiro atoms. The van der Waals surface area contributed by atoms with Gasteiger partial charge < -0.3 is 0 Å². The molecule has 29 heavy (non-hydrogen) atoms. The minimum Gasteiger partial charge on any atom is -0.298 e. The lowest BCUT2D eigenvalue weighted by atomic mass is 9.96. The normalized spacial score (nSPS) is 20.6. The number of rotatable bonds is 5. The van der Waals surface area contributed by atoms with Gasteiger partial charge in [-0.1, -0.05) is 85.8 Å². The number of nitrogens with zero attached hydrogens (tertiary/aromatic N) is 2. The van der Waals surface area contributed by atoms with Crippen LogP contribution in [0.5, 0.6) is 0 Å². The van der Waals surface area contributed by atoms with Gasteiger partial charge in [0.05, 0.1) is 0 Å². The first-order valence-electron chi connectivity index (χ1n) is 11.4. The third-order valence-electron chi connectivity index (χ3n) is 6.86. The molecule has 2 aromatic rings. The van der Waals surface area contributed by atoms with E-state index in [1.54, 1.807) is 0 Å². The van der Waals surface area contributed by atoms with Crippen molar-refractivity contribution in [2.45, 2.75) is 64.0 Å². The highest BCUT2D eigenvalue weighted by Gasteiger charge is 2.28. The summed E-state index contributed by atoms with van der Waals surface area (Å²) >= 11 is 0. The molecule has 2 fully saturated rings. The van der Waals surface area contributed by atoms with Crippen molar-refractivity contribution in [3.63, 3.8) is 0 Å². The standard InChI is InChI=1S/C26H36N2.ClH/c1-22-13-15-23(16-14-22)21-26(24-9-5-4-6-10-24)28-19-17-27(18-20-28)25-11-7-2-3-8-12-25;/h4-6,9-10,13-16,25-26H,2-3,7-8,11-12,17-21H2,1H3;1H. The minimum absolute atomic E-state index is 0. The quantitative estimate of drug-likeness (QED) is 0.552. The highest BCUT2D eigenvalue weighted by molar-refractivity contribution is 5.85. The molecule has 0 bridgehead atoms. The molecule has 2 nitrogen and oxygen atoms in total. The van der Waals surface area contributed by atoms with Gasteiger partial charge in [-0.2, -0.15) is 0 Å². The highest BCUT2D eigenvalue weighted by atomic mass is 35.5. The van der Waals surface area contributed by atoms with E-state index < -0.39 is 0 Å². The number of aryl methyl sites for hydroxylation is 1. The molecule has 158 valence electrons. The monoisotopic (exact) mass is 412 g/mol. The number of benzene rings is 2. The molecule has 2 aliphatic rings. The van der Waals surface area contributed by atoms with Crippen LogP contribution < -0.4 is 0 Å². The van der Waals surface area contributed by atoms with Crippen LogP contribution in [0.4, 0.5) is 0 Å². The van der Waals surface area contributed by atoms with E-state index in [0.29, 0.717) is 6.04 Å². The molecule has 0 aromatic heterocycles. The van der Waals surface area contributed by atoms with Crippen molar-refractivity contribution in [2.75, 3.05) is 26.2 Å². The Morgan fingerprint density at radius 3 is 2.03 bits per heavy atom. The smallest absolute Gasteiger partial charge is 0.0389 e. The van der Waals surface area contributed by atoms with Crippen LogP contribution >= 0.6 is 12.4 Å². The van der Waals surface area contributed by atoms with Gasteiger partial charge in [-0.15, -0.1) is 12.4 Å². The summed E-state index contributed by atoms with van der Waals surface area (Å²) in [5.41, 5.74) is 4.26. The zero-order chi connectivity index (χ0) is 19.2. The molecule has 1 aliphatic carbocycles. The van der Waals surface area contributed by atoms with Crippen molar-refractivity contribution in [3.8, 4) is 0 Å². The Hall–Kier alpha value is -1.35. The van der Waals surface area contributed by atoms with Crippen LogP contribution in [0.15, 0.2) is 54.6 Å². The van der Waals surface area contributed by atoms with E-state index in [1.165, 1.54) is 81.4 Å². The van der Waals surface area contributed by atoms with Crippen LogP contribution in [0.1, 0.15) is 61.3 Å². The van der Waals surface area contributed by atoms with Gasteiger partial charge in [0.15, 0.2) is 0 Å². The van der Waals surface area contributed by atoms with Gasteiger partial charge in [0, 0.05) is 38.3 Å². The Kier molecular flexibility index (Phi) is 8.59. The summed E-state index contributed by atoms with van der Waals surface area (Å²) in [5, 5.41) is 0. The second-order valence-corrected chi connectivity index (χ2v) is 8.83. The van der Waals surface area contributed by atoms with Gasteiger partial charge >= 0.3 is 0 Å². The van der Waals surface area contributed by atoms with Gasteiger partial charge in [-0.05, 0) is 37.3 Å². The molecule has 1 atom stereocenters. The number of piperazine rings is 1. The van der Waals surface area contributed by atoms with E-state index in [0.717, 1.165) is 12.5 Å². The van der Waals surface area contributed by atoms with Crippen LogP contribution in [0.2, 0.25) is 0 Å². The third-order valence-corrected chi connectivity index (χ3v) is 6.86. The number of hydrogen-bond donors (Lipinski definition) is 0. The molecular weight excluding hydrogens is 376 g/mol. The van der Waals surface area contributed by atoms with Crippen molar-refractivity contribution in [1.82, 2.24) is 9.80 Å². The summed E-state index contributed by atoms with van der Waals surface area (Å²) in [5.74, 6) is 0. The molecule has 4 rings (SSSR count). The summed E-state index contributed by atoms with van der Waals surface area (Å²) in [6, 6.07) is 21.6. The van der Waals surface area contributed by atoms with Gasteiger partial charge in [0.2, 0.25) is 0 Å². The van der Waals surface area contributed by atoms with Crippen LogP contribution in [0.3, 0.4) is 0 Å². The molecule has 2 aromatic carbocycles. The maximum Gasteiger partial charge on any atom is 0.0389 e. The van der Waals surface area contributed by atoms with Gasteiger partial charge in [-0.25, -0.2) is 0 Å². The van der Waals surface area contributed by atoms with E-state index in [-0.39, 0.29) is 12.4 Å². The first kappa shape index (κ1) is 22.3. The molecule has 1 saturated heterocycles. The van der Waals surface area contributed by atoms with Crippen LogP contribution in [-0.2, 0) is 6.42 Å². The molecule has 0 N–H and O–H groups in total. The second-order valence-electron chi connectivity index (χ2n) is 8.83. The first-order valence-corrected chi connectivity index (χ1v) is 11.4. The van der Waals surface area contributed by atoms with E-state index in [2.05, 4.69) is 71.3 Å². The molecule has 1 unspecified atom stereocenters. The molecule has 1 heterocycles. The molecule has 0 amide bonds. The van der Waals surface area contributed by atoms with Crippen molar-refractivity contribution >= 4 is 12.4 Å². The number of hydrogen-bond acceptors (Lipinski definition) is 2. The van der Waals surface area contributed by atoms with E-state index in [9.17, 15) is 0 Å². The summed E-state index contributed by atoms with van der Waals surface area (Å²) < 4.78 is 0. The fourth-order valence-electron chi connectivity index (χ4n) is 5.12. The van der Waals surface area contributed by atoms with Crippen molar-refractivity contribution in [1.29, 1.82) is 0 Å². The Balaban J connectivity index is 0.00000240. The lowest BCUT2D eigenvalue weighted by Gasteiger charge is -2.42. The Labute approximate surface area is 183 Å². The summed E-state index contributed by atoms with van der Waals surface area (Å²) in [6.45, 7) is 7.04.